The normalized spacial score (nSPS) is 18.7. The van der Waals surface area contributed by atoms with Crippen molar-refractivity contribution in [2.45, 2.75) is 12.3 Å². The molecule has 7 heteroatoms. The number of fused-ring (bicyclic) bond motifs is 1. The van der Waals surface area contributed by atoms with Crippen LogP contribution in [0.4, 0.5) is 5.69 Å². The van der Waals surface area contributed by atoms with Crippen LogP contribution in [0.25, 0.3) is 11.4 Å². The van der Waals surface area contributed by atoms with E-state index in [2.05, 4.69) is 10.1 Å². The van der Waals surface area contributed by atoms with Crippen molar-refractivity contribution in [3.05, 3.63) is 54.4 Å². The lowest BCUT2D eigenvalue weighted by molar-refractivity contribution is -0.117. The van der Waals surface area contributed by atoms with Gasteiger partial charge in [-0.1, -0.05) is 35.5 Å². The molecule has 2 aliphatic rings. The van der Waals surface area contributed by atoms with E-state index < -0.39 is 0 Å². The fourth-order valence-corrected chi connectivity index (χ4v) is 3.43. The predicted octanol–water partition coefficient (Wildman–Crippen LogP) is 3.03. The minimum Gasteiger partial charge on any atom is -0.486 e. The van der Waals surface area contributed by atoms with E-state index in [4.69, 9.17) is 14.0 Å². The SMILES string of the molecule is O=C1C[C@H](c2nc(-c3ccccc3)no2)CN1c1ccc2c(c1)OCCO2. The molecule has 2 aliphatic heterocycles. The highest BCUT2D eigenvalue weighted by Gasteiger charge is 2.35. The van der Waals surface area contributed by atoms with E-state index in [9.17, 15) is 4.79 Å². The summed E-state index contributed by atoms with van der Waals surface area (Å²) in [6.45, 7) is 1.55. The third kappa shape index (κ3) is 2.91. The molecule has 1 atom stereocenters. The zero-order valence-electron chi connectivity index (χ0n) is 14.5. The Hall–Kier alpha value is -3.35. The van der Waals surface area contributed by atoms with Gasteiger partial charge in [0.15, 0.2) is 11.5 Å². The third-order valence-corrected chi connectivity index (χ3v) is 4.79. The minimum atomic E-state index is -0.129. The summed E-state index contributed by atoms with van der Waals surface area (Å²) in [6.07, 6.45) is 0.338. The average Bonchev–Trinajstić information content (AvgIpc) is 3.35. The lowest BCUT2D eigenvalue weighted by atomic mass is 10.1. The Labute approximate surface area is 155 Å². The number of nitrogens with zero attached hydrogens (tertiary/aromatic N) is 3. The zero-order chi connectivity index (χ0) is 18.2. The van der Waals surface area contributed by atoms with Crippen molar-refractivity contribution in [1.29, 1.82) is 0 Å². The maximum Gasteiger partial charge on any atom is 0.232 e. The number of hydrogen-bond acceptors (Lipinski definition) is 6. The summed E-state index contributed by atoms with van der Waals surface area (Å²) in [7, 11) is 0. The van der Waals surface area contributed by atoms with Gasteiger partial charge in [0.1, 0.15) is 13.2 Å². The monoisotopic (exact) mass is 363 g/mol. The van der Waals surface area contributed by atoms with Crippen LogP contribution in [0.5, 0.6) is 11.5 Å². The highest BCUT2D eigenvalue weighted by molar-refractivity contribution is 5.96. The highest BCUT2D eigenvalue weighted by Crippen LogP contribution is 2.37. The van der Waals surface area contributed by atoms with Gasteiger partial charge < -0.3 is 18.9 Å². The van der Waals surface area contributed by atoms with Crippen LogP contribution in [0.15, 0.2) is 53.1 Å². The van der Waals surface area contributed by atoms with Crippen LogP contribution in [0, 0.1) is 0 Å². The fraction of sp³-hybridized carbons (Fsp3) is 0.250. The summed E-state index contributed by atoms with van der Waals surface area (Å²) in [5.74, 6) is 2.29. The molecule has 0 bridgehead atoms. The van der Waals surface area contributed by atoms with Crippen LogP contribution in [0.2, 0.25) is 0 Å². The van der Waals surface area contributed by atoms with Gasteiger partial charge in [0.25, 0.3) is 0 Å². The van der Waals surface area contributed by atoms with Crippen molar-refractivity contribution >= 4 is 11.6 Å². The van der Waals surface area contributed by atoms with Crippen molar-refractivity contribution in [3.8, 4) is 22.9 Å². The molecule has 1 aromatic heterocycles. The molecule has 0 radical (unpaired) electrons. The Morgan fingerprint density at radius 2 is 1.81 bits per heavy atom. The van der Waals surface area contributed by atoms with Crippen molar-refractivity contribution < 1.29 is 18.8 Å². The van der Waals surface area contributed by atoms with E-state index in [0.29, 0.717) is 49.4 Å². The second kappa shape index (κ2) is 6.42. The summed E-state index contributed by atoms with van der Waals surface area (Å²) < 4.78 is 16.6. The first kappa shape index (κ1) is 15.9. The molecule has 0 unspecified atom stereocenters. The third-order valence-electron chi connectivity index (χ3n) is 4.79. The van der Waals surface area contributed by atoms with Gasteiger partial charge in [0.05, 0.1) is 5.92 Å². The van der Waals surface area contributed by atoms with Crippen LogP contribution < -0.4 is 14.4 Å². The van der Waals surface area contributed by atoms with E-state index in [1.54, 1.807) is 4.90 Å². The first-order valence-corrected chi connectivity index (χ1v) is 8.87. The summed E-state index contributed by atoms with van der Waals surface area (Å²) in [5, 5.41) is 4.06. The maximum absolute atomic E-state index is 12.6. The second-order valence-electron chi connectivity index (χ2n) is 6.56. The topological polar surface area (TPSA) is 77.7 Å². The van der Waals surface area contributed by atoms with Crippen molar-refractivity contribution in [3.63, 3.8) is 0 Å². The molecule has 1 fully saturated rings. The Balaban J connectivity index is 1.37. The molecule has 27 heavy (non-hydrogen) atoms. The van der Waals surface area contributed by atoms with Crippen molar-refractivity contribution in [2.24, 2.45) is 0 Å². The molecule has 3 heterocycles. The zero-order valence-corrected chi connectivity index (χ0v) is 14.5. The van der Waals surface area contributed by atoms with Crippen LogP contribution in [-0.4, -0.2) is 35.8 Å². The van der Waals surface area contributed by atoms with Gasteiger partial charge in [-0.25, -0.2) is 0 Å². The molecule has 5 rings (SSSR count). The summed E-state index contributed by atoms with van der Waals surface area (Å²) in [6, 6.07) is 15.2. The summed E-state index contributed by atoms with van der Waals surface area (Å²) in [5.41, 5.74) is 1.68. The summed E-state index contributed by atoms with van der Waals surface area (Å²) in [4.78, 5) is 18.8. The second-order valence-corrected chi connectivity index (χ2v) is 6.56. The van der Waals surface area contributed by atoms with E-state index in [1.807, 2.05) is 48.5 Å². The maximum atomic E-state index is 12.6. The number of anilines is 1. The molecule has 0 saturated carbocycles. The van der Waals surface area contributed by atoms with Crippen molar-refractivity contribution in [1.82, 2.24) is 10.1 Å². The van der Waals surface area contributed by atoms with Gasteiger partial charge in [0, 0.05) is 30.3 Å². The van der Waals surface area contributed by atoms with E-state index >= 15 is 0 Å². The number of ether oxygens (including phenoxy) is 2. The molecule has 1 saturated heterocycles. The van der Waals surface area contributed by atoms with Crippen LogP contribution in [0.3, 0.4) is 0 Å². The smallest absolute Gasteiger partial charge is 0.232 e. The largest absolute Gasteiger partial charge is 0.486 e. The molecule has 2 aromatic carbocycles. The molecule has 0 aliphatic carbocycles. The first-order valence-electron chi connectivity index (χ1n) is 8.87. The standard InChI is InChI=1S/C20H17N3O4/c24-18-10-14(20-21-19(22-27-20)13-4-2-1-3-5-13)12-23(18)15-6-7-16-17(11-15)26-9-8-25-16/h1-7,11,14H,8-10,12H2/t14-/m0/s1. The van der Waals surface area contributed by atoms with E-state index in [-0.39, 0.29) is 11.8 Å². The Bertz CT molecular complexity index is 986. The van der Waals surface area contributed by atoms with Crippen molar-refractivity contribution in [2.75, 3.05) is 24.7 Å². The van der Waals surface area contributed by atoms with Gasteiger partial charge in [-0.05, 0) is 12.1 Å². The Morgan fingerprint density at radius 3 is 2.67 bits per heavy atom. The lowest BCUT2D eigenvalue weighted by Crippen LogP contribution is -2.24. The molecule has 0 spiro atoms. The first-order chi connectivity index (χ1) is 13.3. The average molecular weight is 363 g/mol. The Kier molecular flexibility index (Phi) is 3.78. The van der Waals surface area contributed by atoms with Crippen LogP contribution in [-0.2, 0) is 4.79 Å². The molecule has 136 valence electrons. The van der Waals surface area contributed by atoms with Gasteiger partial charge in [-0.3, -0.25) is 4.79 Å². The number of carbonyl (C=O) groups excluding carboxylic acids is 1. The van der Waals surface area contributed by atoms with Crippen LogP contribution >= 0.6 is 0 Å². The number of hydrogen-bond donors (Lipinski definition) is 0. The molecule has 1 amide bonds. The van der Waals surface area contributed by atoms with Gasteiger partial charge in [-0.2, -0.15) is 4.98 Å². The molecule has 7 nitrogen and oxygen atoms in total. The molecule has 0 N–H and O–H groups in total. The number of aromatic nitrogens is 2. The van der Waals surface area contributed by atoms with Crippen LogP contribution in [0.1, 0.15) is 18.2 Å². The lowest BCUT2D eigenvalue weighted by Gasteiger charge is -2.22. The number of rotatable bonds is 3. The minimum absolute atomic E-state index is 0.0242. The highest BCUT2D eigenvalue weighted by atomic mass is 16.6. The molecular weight excluding hydrogens is 346 g/mol. The summed E-state index contributed by atoms with van der Waals surface area (Å²) >= 11 is 0. The predicted molar refractivity (Wildman–Crippen MR) is 96.9 cm³/mol. The van der Waals surface area contributed by atoms with Gasteiger partial charge in [0.2, 0.25) is 17.6 Å². The number of carbonyl (C=O) groups is 1. The van der Waals surface area contributed by atoms with E-state index in [1.165, 1.54) is 0 Å². The molecular formula is C20H17N3O4. The van der Waals surface area contributed by atoms with E-state index in [0.717, 1.165) is 11.3 Å². The number of benzene rings is 2. The Morgan fingerprint density at radius 1 is 1.00 bits per heavy atom. The quantitative estimate of drug-likeness (QED) is 0.712. The van der Waals surface area contributed by atoms with Gasteiger partial charge in [-0.15, -0.1) is 0 Å². The van der Waals surface area contributed by atoms with Gasteiger partial charge >= 0.3 is 0 Å². The fourth-order valence-electron chi connectivity index (χ4n) is 3.43. The molecule has 3 aromatic rings. The number of amides is 1.